The van der Waals surface area contributed by atoms with E-state index in [1.54, 1.807) is 0 Å². The van der Waals surface area contributed by atoms with E-state index >= 15 is 0 Å². The number of rotatable bonds is 2. The maximum atomic E-state index is 12.7. The minimum absolute atomic E-state index is 0.0605. The molecule has 3 aliphatic rings. The Kier molecular flexibility index (Phi) is 6.46. The summed E-state index contributed by atoms with van der Waals surface area (Å²) in [5, 5.41) is 3.25. The quantitative estimate of drug-likeness (QED) is 0.812. The minimum Gasteiger partial charge on any atom is -0.342 e. The number of piperidine rings is 1. The Bertz CT molecular complexity index is 491. The third-order valence-corrected chi connectivity index (χ3v) is 6.88. The van der Waals surface area contributed by atoms with Gasteiger partial charge in [-0.05, 0) is 50.4 Å². The average molecular weight is 364 g/mol. The van der Waals surface area contributed by atoms with Gasteiger partial charge in [0.05, 0.1) is 0 Å². The van der Waals surface area contributed by atoms with Gasteiger partial charge in [-0.15, -0.1) is 0 Å². The van der Waals surface area contributed by atoms with E-state index in [4.69, 9.17) is 0 Å². The highest BCUT2D eigenvalue weighted by Crippen LogP contribution is 2.44. The molecule has 1 spiro atoms. The molecule has 1 N–H and O–H groups in total. The molecule has 0 aromatic carbocycles. The predicted octanol–water partition coefficient (Wildman–Crippen LogP) is 3.78. The average Bonchev–Trinajstić information content (AvgIpc) is 2.85. The monoisotopic (exact) mass is 363 g/mol. The van der Waals surface area contributed by atoms with Crippen LogP contribution < -0.4 is 5.32 Å². The molecule has 3 amide bonds. The van der Waals surface area contributed by atoms with Gasteiger partial charge in [0, 0.05) is 38.1 Å². The molecule has 0 aromatic rings. The molecule has 5 nitrogen and oxygen atoms in total. The van der Waals surface area contributed by atoms with Crippen LogP contribution in [0.1, 0.15) is 78.1 Å². The molecular formula is C21H37N3O2. The normalized spacial score (nSPS) is 24.6. The van der Waals surface area contributed by atoms with Crippen LogP contribution in [0.2, 0.25) is 0 Å². The third-order valence-electron chi connectivity index (χ3n) is 6.88. The van der Waals surface area contributed by atoms with Crippen LogP contribution in [0.5, 0.6) is 0 Å². The van der Waals surface area contributed by atoms with Crippen LogP contribution in [-0.2, 0) is 4.79 Å². The third kappa shape index (κ3) is 4.72. The lowest BCUT2D eigenvalue weighted by atomic mass is 9.69. The zero-order valence-electron chi connectivity index (χ0n) is 16.8. The van der Waals surface area contributed by atoms with Crippen LogP contribution in [-0.4, -0.2) is 54.0 Å². The van der Waals surface area contributed by atoms with Crippen molar-refractivity contribution in [2.45, 2.75) is 84.1 Å². The molecule has 2 saturated heterocycles. The number of urea groups is 1. The zero-order valence-corrected chi connectivity index (χ0v) is 16.8. The number of nitrogens with one attached hydrogen (secondary N) is 1. The van der Waals surface area contributed by atoms with Crippen molar-refractivity contribution in [1.82, 2.24) is 15.1 Å². The van der Waals surface area contributed by atoms with Gasteiger partial charge in [-0.3, -0.25) is 4.79 Å². The summed E-state index contributed by atoms with van der Waals surface area (Å²) in [6.07, 6.45) is 12.3. The van der Waals surface area contributed by atoms with Crippen LogP contribution >= 0.6 is 0 Å². The van der Waals surface area contributed by atoms with Crippen LogP contribution in [0.3, 0.4) is 0 Å². The molecule has 0 radical (unpaired) electrons. The summed E-state index contributed by atoms with van der Waals surface area (Å²) in [6, 6.07) is 0.331. The maximum absolute atomic E-state index is 12.7. The largest absolute Gasteiger partial charge is 0.342 e. The predicted molar refractivity (Wildman–Crippen MR) is 104 cm³/mol. The number of hydrogen-bond acceptors (Lipinski definition) is 2. The van der Waals surface area contributed by atoms with Crippen molar-refractivity contribution < 1.29 is 9.59 Å². The lowest BCUT2D eigenvalue weighted by Crippen LogP contribution is -2.51. The molecule has 0 atom stereocenters. The number of amides is 3. The number of hydrogen-bond donors (Lipinski definition) is 1. The summed E-state index contributed by atoms with van der Waals surface area (Å²) < 4.78 is 0. The fourth-order valence-corrected chi connectivity index (χ4v) is 5.13. The van der Waals surface area contributed by atoms with Crippen molar-refractivity contribution in [3.8, 4) is 0 Å². The first-order valence-corrected chi connectivity index (χ1v) is 10.8. The summed E-state index contributed by atoms with van der Waals surface area (Å²) >= 11 is 0. The van der Waals surface area contributed by atoms with Crippen LogP contribution in [0.4, 0.5) is 4.79 Å². The highest BCUT2D eigenvalue weighted by molar-refractivity contribution is 5.78. The minimum atomic E-state index is 0.0605. The van der Waals surface area contributed by atoms with E-state index in [9.17, 15) is 9.59 Å². The van der Waals surface area contributed by atoms with E-state index in [0.717, 1.165) is 45.4 Å². The second-order valence-electron chi connectivity index (χ2n) is 9.11. The Morgan fingerprint density at radius 2 is 1.50 bits per heavy atom. The highest BCUT2D eigenvalue weighted by Gasteiger charge is 2.35. The Morgan fingerprint density at radius 1 is 0.846 bits per heavy atom. The smallest absolute Gasteiger partial charge is 0.317 e. The molecule has 148 valence electrons. The lowest BCUT2D eigenvalue weighted by molar-refractivity contribution is -0.135. The molecule has 1 aliphatic carbocycles. The van der Waals surface area contributed by atoms with Gasteiger partial charge in [-0.25, -0.2) is 4.79 Å². The Morgan fingerprint density at radius 3 is 2.15 bits per heavy atom. The van der Waals surface area contributed by atoms with E-state index in [2.05, 4.69) is 10.2 Å². The molecular weight excluding hydrogens is 326 g/mol. The van der Waals surface area contributed by atoms with Gasteiger partial charge >= 0.3 is 6.03 Å². The van der Waals surface area contributed by atoms with E-state index in [-0.39, 0.29) is 23.9 Å². The second kappa shape index (κ2) is 8.62. The van der Waals surface area contributed by atoms with Crippen LogP contribution in [0, 0.1) is 11.3 Å². The van der Waals surface area contributed by atoms with Gasteiger partial charge in [0.2, 0.25) is 5.91 Å². The Labute approximate surface area is 158 Å². The van der Waals surface area contributed by atoms with Gasteiger partial charge < -0.3 is 15.1 Å². The number of likely N-dealkylation sites (tertiary alicyclic amines) is 2. The maximum Gasteiger partial charge on any atom is 0.317 e. The summed E-state index contributed by atoms with van der Waals surface area (Å²) in [7, 11) is 0. The Balaban J connectivity index is 1.44. The highest BCUT2D eigenvalue weighted by atomic mass is 16.2. The fourth-order valence-electron chi connectivity index (χ4n) is 5.13. The van der Waals surface area contributed by atoms with E-state index < -0.39 is 0 Å². The fraction of sp³-hybridized carbons (Fsp3) is 0.905. The van der Waals surface area contributed by atoms with Gasteiger partial charge in [-0.2, -0.15) is 0 Å². The molecule has 3 rings (SSSR count). The SMILES string of the molecule is CC(C)C(=O)N1CCC(NC(=O)N2CCCC3(CCCCC3)CC2)CC1. The lowest BCUT2D eigenvalue weighted by Gasteiger charge is -2.37. The van der Waals surface area contributed by atoms with Crippen molar-refractivity contribution in [3.05, 3.63) is 0 Å². The molecule has 0 aromatic heterocycles. The molecule has 3 fully saturated rings. The van der Waals surface area contributed by atoms with Gasteiger partial charge in [0.1, 0.15) is 0 Å². The van der Waals surface area contributed by atoms with E-state index in [1.807, 2.05) is 18.7 Å². The van der Waals surface area contributed by atoms with Gasteiger partial charge in [0.25, 0.3) is 0 Å². The first kappa shape index (κ1) is 19.5. The van der Waals surface area contributed by atoms with Crippen molar-refractivity contribution >= 4 is 11.9 Å². The van der Waals surface area contributed by atoms with Crippen molar-refractivity contribution in [1.29, 1.82) is 0 Å². The van der Waals surface area contributed by atoms with Crippen LogP contribution in [0.15, 0.2) is 0 Å². The van der Waals surface area contributed by atoms with Gasteiger partial charge in [-0.1, -0.05) is 33.1 Å². The number of nitrogens with zero attached hydrogens (tertiary/aromatic N) is 2. The molecule has 1 saturated carbocycles. The molecule has 5 heteroatoms. The van der Waals surface area contributed by atoms with E-state index in [1.165, 1.54) is 44.9 Å². The zero-order chi connectivity index (χ0) is 18.6. The summed E-state index contributed by atoms with van der Waals surface area (Å²) in [4.78, 5) is 28.8. The number of carbonyl (C=O) groups is 2. The topological polar surface area (TPSA) is 52.7 Å². The molecule has 0 bridgehead atoms. The Hall–Kier alpha value is -1.26. The van der Waals surface area contributed by atoms with E-state index in [0.29, 0.717) is 5.41 Å². The molecule has 2 heterocycles. The molecule has 0 unspecified atom stereocenters. The second-order valence-corrected chi connectivity index (χ2v) is 9.11. The molecule has 26 heavy (non-hydrogen) atoms. The van der Waals surface area contributed by atoms with Crippen molar-refractivity contribution in [2.75, 3.05) is 26.2 Å². The molecule has 2 aliphatic heterocycles. The van der Waals surface area contributed by atoms with Crippen molar-refractivity contribution in [2.24, 2.45) is 11.3 Å². The summed E-state index contributed by atoms with van der Waals surface area (Å²) in [5.74, 6) is 0.297. The standard InChI is InChI=1S/C21H37N3O2/c1-17(2)19(25)23-14-7-18(8-15-23)22-20(26)24-13-6-11-21(12-16-24)9-4-3-5-10-21/h17-18H,3-16H2,1-2H3,(H,22,26). The summed E-state index contributed by atoms with van der Waals surface area (Å²) in [6.45, 7) is 7.26. The summed E-state index contributed by atoms with van der Waals surface area (Å²) in [5.41, 5.74) is 0.524. The van der Waals surface area contributed by atoms with Crippen LogP contribution in [0.25, 0.3) is 0 Å². The van der Waals surface area contributed by atoms with Gasteiger partial charge in [0.15, 0.2) is 0 Å². The number of carbonyl (C=O) groups excluding carboxylic acids is 2. The van der Waals surface area contributed by atoms with Crippen molar-refractivity contribution in [3.63, 3.8) is 0 Å². The first-order valence-electron chi connectivity index (χ1n) is 10.8. The first-order chi connectivity index (χ1) is 12.5.